The molecule has 0 unspecified atom stereocenters. The first kappa shape index (κ1) is 18.8. The van der Waals surface area contributed by atoms with Gasteiger partial charge >= 0.3 is 0 Å². The maximum Gasteiger partial charge on any atom is 0.263 e. The quantitative estimate of drug-likeness (QED) is 0.464. The first-order valence-electron chi connectivity index (χ1n) is 9.64. The Balaban J connectivity index is 1.59. The number of rotatable bonds is 4. The number of ether oxygens (including phenoxy) is 1. The van der Waals surface area contributed by atoms with E-state index in [4.69, 9.17) is 4.74 Å². The minimum atomic E-state index is -0.262. The van der Waals surface area contributed by atoms with Crippen molar-refractivity contribution >= 4 is 39.1 Å². The van der Waals surface area contributed by atoms with Crippen molar-refractivity contribution in [3.63, 3.8) is 0 Å². The van der Waals surface area contributed by atoms with E-state index in [9.17, 15) is 4.79 Å². The van der Waals surface area contributed by atoms with Crippen LogP contribution in [-0.2, 0) is 31.2 Å². The minimum absolute atomic E-state index is 0.00376. The van der Waals surface area contributed by atoms with Gasteiger partial charge in [-0.1, -0.05) is 42.1 Å². The average Bonchev–Trinajstić information content (AvgIpc) is 3.27. The summed E-state index contributed by atoms with van der Waals surface area (Å²) in [5.41, 5.74) is 2.16. The fourth-order valence-corrected chi connectivity index (χ4v) is 6.03. The Morgan fingerprint density at radius 1 is 1.24 bits per heavy atom. The van der Waals surface area contributed by atoms with Crippen LogP contribution < -0.4 is 5.56 Å². The van der Waals surface area contributed by atoms with Gasteiger partial charge in [0.15, 0.2) is 5.16 Å². The Kier molecular flexibility index (Phi) is 4.53. The van der Waals surface area contributed by atoms with Crippen LogP contribution in [0.4, 0.5) is 0 Å². The number of hydrogen-bond acceptors (Lipinski definition) is 6. The predicted molar refractivity (Wildman–Crippen MR) is 117 cm³/mol. The van der Waals surface area contributed by atoms with Crippen LogP contribution in [0.3, 0.4) is 0 Å². The smallest absolute Gasteiger partial charge is 0.263 e. The van der Waals surface area contributed by atoms with Crippen LogP contribution >= 0.6 is 23.1 Å². The highest BCUT2D eigenvalue weighted by Gasteiger charge is 2.31. The highest BCUT2D eigenvalue weighted by molar-refractivity contribution is 7.99. The molecule has 0 atom stereocenters. The molecule has 29 heavy (non-hydrogen) atoms. The lowest BCUT2D eigenvalue weighted by Gasteiger charge is -2.29. The number of fused-ring (bicyclic) bond motifs is 5. The van der Waals surface area contributed by atoms with E-state index in [1.807, 2.05) is 10.5 Å². The highest BCUT2D eigenvalue weighted by atomic mass is 32.2. The second-order valence-electron chi connectivity index (χ2n) is 7.98. The molecule has 150 valence electrons. The summed E-state index contributed by atoms with van der Waals surface area (Å²) in [4.78, 5) is 15.2. The molecule has 0 radical (unpaired) electrons. The monoisotopic (exact) mass is 426 g/mol. The molecule has 1 aromatic carbocycles. The standard InChI is InChI=1S/C21H22N4O2S2/c1-21(2)11-14-15(12-27-21)29-18-16(14)17(26)24(3)19-22-23-20(25(18)19)28-10-9-13-7-5-4-6-8-13/h4-8H,9-12H2,1-3H3. The van der Waals surface area contributed by atoms with Gasteiger partial charge in [-0.05, 0) is 31.4 Å². The molecule has 0 saturated carbocycles. The van der Waals surface area contributed by atoms with Crippen molar-refractivity contribution in [2.75, 3.05) is 5.75 Å². The Labute approximate surface area is 176 Å². The van der Waals surface area contributed by atoms with Gasteiger partial charge in [0, 0.05) is 24.1 Å². The first-order chi connectivity index (χ1) is 13.9. The van der Waals surface area contributed by atoms with E-state index < -0.39 is 0 Å². The third-order valence-electron chi connectivity index (χ3n) is 5.37. The molecule has 4 heterocycles. The Hall–Kier alpha value is -2.16. The SMILES string of the molecule is Cn1c(=O)c2c3c(sc2n2c(SCCc4ccccc4)nnc12)COC(C)(C)C3. The fraction of sp³-hybridized carbons (Fsp3) is 0.381. The zero-order valence-corrected chi connectivity index (χ0v) is 18.3. The molecular formula is C21H22N4O2S2. The number of aryl methyl sites for hydroxylation is 2. The number of nitrogens with zero attached hydrogens (tertiary/aromatic N) is 4. The van der Waals surface area contributed by atoms with Crippen molar-refractivity contribution in [3.05, 3.63) is 56.7 Å². The summed E-state index contributed by atoms with van der Waals surface area (Å²) >= 11 is 3.31. The molecule has 8 heteroatoms. The van der Waals surface area contributed by atoms with E-state index in [1.54, 1.807) is 34.7 Å². The van der Waals surface area contributed by atoms with E-state index in [1.165, 1.54) is 5.56 Å². The molecule has 1 aliphatic rings. The second kappa shape index (κ2) is 6.97. The fourth-order valence-electron chi connectivity index (χ4n) is 3.83. The predicted octanol–water partition coefficient (Wildman–Crippen LogP) is 3.83. The van der Waals surface area contributed by atoms with Gasteiger partial charge in [-0.25, -0.2) is 4.40 Å². The lowest BCUT2D eigenvalue weighted by molar-refractivity contribution is -0.0379. The van der Waals surface area contributed by atoms with Crippen LogP contribution in [0, 0.1) is 0 Å². The Morgan fingerprint density at radius 2 is 2.03 bits per heavy atom. The van der Waals surface area contributed by atoms with E-state index >= 15 is 0 Å². The number of thiophene rings is 1. The van der Waals surface area contributed by atoms with Crippen molar-refractivity contribution in [3.8, 4) is 0 Å². The van der Waals surface area contributed by atoms with Gasteiger partial charge < -0.3 is 4.74 Å². The second-order valence-corrected chi connectivity index (χ2v) is 10.1. The summed E-state index contributed by atoms with van der Waals surface area (Å²) in [7, 11) is 1.78. The molecule has 0 spiro atoms. The van der Waals surface area contributed by atoms with Gasteiger partial charge in [0.25, 0.3) is 5.56 Å². The third kappa shape index (κ3) is 3.19. The molecular weight excluding hydrogens is 404 g/mol. The van der Waals surface area contributed by atoms with Crippen molar-refractivity contribution in [2.45, 2.75) is 44.1 Å². The lowest BCUT2D eigenvalue weighted by Crippen LogP contribution is -2.32. The summed E-state index contributed by atoms with van der Waals surface area (Å²) in [6, 6.07) is 10.4. The molecule has 0 fully saturated rings. The van der Waals surface area contributed by atoms with Crippen molar-refractivity contribution in [1.29, 1.82) is 0 Å². The summed E-state index contributed by atoms with van der Waals surface area (Å²) < 4.78 is 9.65. The van der Waals surface area contributed by atoms with Gasteiger partial charge in [0.2, 0.25) is 5.78 Å². The van der Waals surface area contributed by atoms with Gasteiger partial charge in [-0.3, -0.25) is 9.36 Å². The summed E-state index contributed by atoms with van der Waals surface area (Å²) in [6.07, 6.45) is 1.69. The van der Waals surface area contributed by atoms with Gasteiger partial charge in [-0.15, -0.1) is 21.5 Å². The molecule has 1 aliphatic heterocycles. The number of thioether (sulfide) groups is 1. The minimum Gasteiger partial charge on any atom is -0.370 e. The van der Waals surface area contributed by atoms with E-state index in [-0.39, 0.29) is 11.2 Å². The normalized spacial score (nSPS) is 15.8. The molecule has 0 aliphatic carbocycles. The van der Waals surface area contributed by atoms with Crippen molar-refractivity contribution < 1.29 is 4.74 Å². The first-order valence-corrected chi connectivity index (χ1v) is 11.4. The molecule has 3 aromatic heterocycles. The maximum atomic E-state index is 13.1. The van der Waals surface area contributed by atoms with Gasteiger partial charge in [-0.2, -0.15) is 0 Å². The van der Waals surface area contributed by atoms with Crippen LogP contribution in [0.25, 0.3) is 16.0 Å². The van der Waals surface area contributed by atoms with E-state index in [0.717, 1.165) is 44.4 Å². The molecule has 0 saturated heterocycles. The Morgan fingerprint density at radius 3 is 2.83 bits per heavy atom. The van der Waals surface area contributed by atoms with Crippen LogP contribution in [0.1, 0.15) is 29.9 Å². The lowest BCUT2D eigenvalue weighted by atomic mass is 9.94. The van der Waals surface area contributed by atoms with Crippen molar-refractivity contribution in [2.24, 2.45) is 7.05 Å². The maximum absolute atomic E-state index is 13.1. The molecule has 0 bridgehead atoms. The molecule has 0 N–H and O–H groups in total. The number of aromatic nitrogens is 4. The topological polar surface area (TPSA) is 61.4 Å². The summed E-state index contributed by atoms with van der Waals surface area (Å²) in [6.45, 7) is 4.70. The summed E-state index contributed by atoms with van der Waals surface area (Å²) in [5, 5.41) is 10.3. The average molecular weight is 427 g/mol. The van der Waals surface area contributed by atoms with Gasteiger partial charge in [0.1, 0.15) is 4.83 Å². The third-order valence-corrected chi connectivity index (χ3v) is 7.49. The van der Waals surface area contributed by atoms with Crippen LogP contribution in [0.5, 0.6) is 0 Å². The highest BCUT2D eigenvalue weighted by Crippen LogP contribution is 2.38. The van der Waals surface area contributed by atoms with E-state index in [0.29, 0.717) is 12.4 Å². The van der Waals surface area contributed by atoms with Gasteiger partial charge in [0.05, 0.1) is 17.6 Å². The van der Waals surface area contributed by atoms with Crippen LogP contribution in [0.15, 0.2) is 40.3 Å². The Bertz CT molecular complexity index is 1270. The van der Waals surface area contributed by atoms with Crippen LogP contribution in [0.2, 0.25) is 0 Å². The van der Waals surface area contributed by atoms with Crippen molar-refractivity contribution in [1.82, 2.24) is 19.2 Å². The molecule has 5 rings (SSSR count). The number of hydrogen-bond donors (Lipinski definition) is 0. The van der Waals surface area contributed by atoms with Crippen LogP contribution in [-0.4, -0.2) is 30.5 Å². The summed E-state index contributed by atoms with van der Waals surface area (Å²) in [5.74, 6) is 1.49. The molecule has 0 amide bonds. The molecule has 4 aromatic rings. The zero-order chi connectivity index (χ0) is 20.2. The largest absolute Gasteiger partial charge is 0.370 e. The zero-order valence-electron chi connectivity index (χ0n) is 16.6. The van der Waals surface area contributed by atoms with E-state index in [2.05, 4.69) is 48.3 Å². The molecule has 6 nitrogen and oxygen atoms in total. The number of benzene rings is 1.